The summed E-state index contributed by atoms with van der Waals surface area (Å²) in [5.74, 6) is -0.0934. The number of hydrogen-bond acceptors (Lipinski definition) is 3. The highest BCUT2D eigenvalue weighted by Crippen LogP contribution is 2.12. The molecule has 0 aromatic heterocycles. The summed E-state index contributed by atoms with van der Waals surface area (Å²) in [6.07, 6.45) is 3.86. The maximum Gasteiger partial charge on any atom is 0.253 e. The predicted molar refractivity (Wildman–Crippen MR) is 88.0 cm³/mol. The van der Waals surface area contributed by atoms with Crippen molar-refractivity contribution in [1.29, 1.82) is 0 Å². The monoisotopic (exact) mass is 303 g/mol. The van der Waals surface area contributed by atoms with Gasteiger partial charge in [0.15, 0.2) is 0 Å². The standard InChI is InChI=1S/C17H25N3O2/c1-14(21)18-16-8-6-15(7-9-16)17(22)19(2)12-13-20-10-4-3-5-11-20/h6-9H,3-5,10-13H2,1-2H3,(H,18,21). The summed E-state index contributed by atoms with van der Waals surface area (Å²) in [5, 5.41) is 2.70. The molecule has 5 nitrogen and oxygen atoms in total. The zero-order chi connectivity index (χ0) is 15.9. The van der Waals surface area contributed by atoms with Gasteiger partial charge in [0.25, 0.3) is 5.91 Å². The van der Waals surface area contributed by atoms with Crippen LogP contribution in [0.5, 0.6) is 0 Å². The topological polar surface area (TPSA) is 52.7 Å². The number of nitrogens with one attached hydrogen (secondary N) is 1. The van der Waals surface area contributed by atoms with E-state index in [4.69, 9.17) is 0 Å². The zero-order valence-electron chi connectivity index (χ0n) is 13.5. The molecule has 120 valence electrons. The lowest BCUT2D eigenvalue weighted by molar-refractivity contribution is -0.114. The van der Waals surface area contributed by atoms with Gasteiger partial charge in [0.05, 0.1) is 0 Å². The molecule has 1 aromatic rings. The van der Waals surface area contributed by atoms with Crippen LogP contribution >= 0.6 is 0 Å². The van der Waals surface area contributed by atoms with Crippen molar-refractivity contribution in [2.24, 2.45) is 0 Å². The highest BCUT2D eigenvalue weighted by atomic mass is 16.2. The van der Waals surface area contributed by atoms with Crippen molar-refractivity contribution in [2.75, 3.05) is 38.5 Å². The molecule has 5 heteroatoms. The maximum absolute atomic E-state index is 12.4. The van der Waals surface area contributed by atoms with E-state index < -0.39 is 0 Å². The van der Waals surface area contributed by atoms with Crippen molar-refractivity contribution in [1.82, 2.24) is 9.80 Å². The van der Waals surface area contributed by atoms with Crippen molar-refractivity contribution in [2.45, 2.75) is 26.2 Å². The zero-order valence-corrected chi connectivity index (χ0v) is 13.5. The Morgan fingerprint density at radius 3 is 2.36 bits per heavy atom. The maximum atomic E-state index is 12.4. The Morgan fingerprint density at radius 2 is 1.77 bits per heavy atom. The molecule has 0 unspecified atom stereocenters. The Labute approximate surface area is 132 Å². The Morgan fingerprint density at radius 1 is 1.14 bits per heavy atom. The molecule has 22 heavy (non-hydrogen) atoms. The van der Waals surface area contributed by atoms with Gasteiger partial charge in [-0.25, -0.2) is 0 Å². The molecule has 1 saturated heterocycles. The molecule has 1 aromatic carbocycles. The second-order valence-corrected chi connectivity index (χ2v) is 5.89. The molecular weight excluding hydrogens is 278 g/mol. The molecule has 1 aliphatic rings. The molecule has 0 atom stereocenters. The van der Waals surface area contributed by atoms with Crippen LogP contribution in [0.2, 0.25) is 0 Å². The number of likely N-dealkylation sites (tertiary alicyclic amines) is 1. The number of likely N-dealkylation sites (N-methyl/N-ethyl adjacent to an activating group) is 1. The fourth-order valence-electron chi connectivity index (χ4n) is 2.70. The number of anilines is 1. The van der Waals surface area contributed by atoms with E-state index in [1.165, 1.54) is 26.2 Å². The Balaban J connectivity index is 1.85. The first-order valence-electron chi connectivity index (χ1n) is 7.92. The summed E-state index contributed by atoms with van der Waals surface area (Å²) in [5.41, 5.74) is 1.36. The number of rotatable bonds is 5. The molecule has 0 radical (unpaired) electrons. The molecule has 0 bridgehead atoms. The van der Waals surface area contributed by atoms with E-state index in [0.29, 0.717) is 11.3 Å². The quantitative estimate of drug-likeness (QED) is 0.907. The van der Waals surface area contributed by atoms with Gasteiger partial charge in [-0.15, -0.1) is 0 Å². The smallest absolute Gasteiger partial charge is 0.253 e. The second kappa shape index (κ2) is 7.94. The third-order valence-electron chi connectivity index (χ3n) is 4.00. The van der Waals surface area contributed by atoms with Crippen LogP contribution in [0.25, 0.3) is 0 Å². The van der Waals surface area contributed by atoms with Gasteiger partial charge in [0.2, 0.25) is 5.91 Å². The molecule has 0 saturated carbocycles. The number of piperidine rings is 1. The number of hydrogen-bond donors (Lipinski definition) is 1. The molecule has 2 amide bonds. The highest BCUT2D eigenvalue weighted by molar-refractivity contribution is 5.95. The molecular formula is C17H25N3O2. The summed E-state index contributed by atoms with van der Waals surface area (Å²) >= 11 is 0. The van der Waals surface area contributed by atoms with Crippen LogP contribution in [0.1, 0.15) is 36.5 Å². The average molecular weight is 303 g/mol. The van der Waals surface area contributed by atoms with Gasteiger partial charge in [-0.1, -0.05) is 6.42 Å². The van der Waals surface area contributed by atoms with Gasteiger partial charge in [-0.2, -0.15) is 0 Å². The van der Waals surface area contributed by atoms with Gasteiger partial charge in [0, 0.05) is 38.3 Å². The fourth-order valence-corrected chi connectivity index (χ4v) is 2.70. The molecule has 0 aliphatic carbocycles. The number of nitrogens with zero attached hydrogens (tertiary/aromatic N) is 2. The minimum Gasteiger partial charge on any atom is -0.340 e. The van der Waals surface area contributed by atoms with Gasteiger partial charge in [0.1, 0.15) is 0 Å². The molecule has 1 aliphatic heterocycles. The first kappa shape index (κ1) is 16.5. The van der Waals surface area contributed by atoms with Crippen molar-refractivity contribution < 1.29 is 9.59 Å². The molecule has 2 rings (SSSR count). The molecule has 0 spiro atoms. The van der Waals surface area contributed by atoms with E-state index in [0.717, 1.165) is 26.2 Å². The lowest BCUT2D eigenvalue weighted by Gasteiger charge is -2.28. The highest BCUT2D eigenvalue weighted by Gasteiger charge is 2.14. The molecule has 1 heterocycles. The Hall–Kier alpha value is -1.88. The fraction of sp³-hybridized carbons (Fsp3) is 0.529. The van der Waals surface area contributed by atoms with Crippen LogP contribution in [-0.4, -0.2) is 54.8 Å². The minimum absolute atomic E-state index is 0.0198. The second-order valence-electron chi connectivity index (χ2n) is 5.89. The number of carbonyl (C=O) groups is 2. The van der Waals surface area contributed by atoms with Crippen molar-refractivity contribution in [3.8, 4) is 0 Å². The van der Waals surface area contributed by atoms with Crippen LogP contribution in [0.4, 0.5) is 5.69 Å². The Bertz CT molecular complexity index is 507. The average Bonchev–Trinajstić information content (AvgIpc) is 2.53. The van der Waals surface area contributed by atoms with E-state index in [2.05, 4.69) is 10.2 Å². The van der Waals surface area contributed by atoms with Crippen LogP contribution in [-0.2, 0) is 4.79 Å². The van der Waals surface area contributed by atoms with E-state index in [1.54, 1.807) is 29.2 Å². The normalized spacial score (nSPS) is 15.4. The first-order chi connectivity index (χ1) is 10.6. The lowest BCUT2D eigenvalue weighted by Crippen LogP contribution is -2.38. The lowest BCUT2D eigenvalue weighted by atomic mass is 10.1. The molecule has 1 fully saturated rings. The van der Waals surface area contributed by atoms with Crippen LogP contribution in [0.15, 0.2) is 24.3 Å². The summed E-state index contributed by atoms with van der Waals surface area (Å²) in [6, 6.07) is 7.02. The van der Waals surface area contributed by atoms with Crippen molar-refractivity contribution >= 4 is 17.5 Å². The van der Waals surface area contributed by atoms with Crippen LogP contribution < -0.4 is 5.32 Å². The minimum atomic E-state index is -0.113. The molecule has 1 N–H and O–H groups in total. The van der Waals surface area contributed by atoms with Gasteiger partial charge < -0.3 is 15.1 Å². The summed E-state index contributed by atoms with van der Waals surface area (Å²) in [6.45, 7) is 5.44. The van der Waals surface area contributed by atoms with Crippen LogP contribution in [0.3, 0.4) is 0 Å². The van der Waals surface area contributed by atoms with E-state index in [-0.39, 0.29) is 11.8 Å². The summed E-state index contributed by atoms with van der Waals surface area (Å²) in [4.78, 5) is 27.5. The number of amides is 2. The van der Waals surface area contributed by atoms with E-state index in [1.807, 2.05) is 7.05 Å². The Kier molecular flexibility index (Phi) is 5.95. The van der Waals surface area contributed by atoms with Gasteiger partial charge >= 0.3 is 0 Å². The van der Waals surface area contributed by atoms with E-state index >= 15 is 0 Å². The first-order valence-corrected chi connectivity index (χ1v) is 7.92. The predicted octanol–water partition coefficient (Wildman–Crippen LogP) is 2.20. The van der Waals surface area contributed by atoms with Crippen molar-refractivity contribution in [3.63, 3.8) is 0 Å². The van der Waals surface area contributed by atoms with E-state index in [9.17, 15) is 9.59 Å². The van der Waals surface area contributed by atoms with Crippen molar-refractivity contribution in [3.05, 3.63) is 29.8 Å². The third kappa shape index (κ3) is 4.84. The van der Waals surface area contributed by atoms with Gasteiger partial charge in [-0.3, -0.25) is 9.59 Å². The SMILES string of the molecule is CC(=O)Nc1ccc(C(=O)N(C)CCN2CCCCC2)cc1. The number of carbonyl (C=O) groups excluding carboxylic acids is 2. The summed E-state index contributed by atoms with van der Waals surface area (Å²) in [7, 11) is 1.84. The number of benzene rings is 1. The largest absolute Gasteiger partial charge is 0.340 e. The summed E-state index contributed by atoms with van der Waals surface area (Å²) < 4.78 is 0. The van der Waals surface area contributed by atoms with Gasteiger partial charge in [-0.05, 0) is 50.2 Å². The van der Waals surface area contributed by atoms with Crippen LogP contribution in [0, 0.1) is 0 Å². The third-order valence-corrected chi connectivity index (χ3v) is 4.00.